The lowest BCUT2D eigenvalue weighted by atomic mass is 9.47. The number of esters is 1. The molecule has 0 aromatic carbocycles. The van der Waals surface area contributed by atoms with Crippen molar-refractivity contribution in [3.05, 3.63) is 48.1 Å². The fourth-order valence-corrected chi connectivity index (χ4v) is 10.9. The van der Waals surface area contributed by atoms with E-state index in [0.717, 1.165) is 55.3 Å². The molecule has 0 N–H and O–H groups in total. The number of carbonyl (C=O) groups excluding carboxylic acids is 1. The standard InChI is InChI=1S/C45H74O2/c1-8-10-11-12-13-14-15-16-17-18-19-20-21-22-43(46)47-38-29-31-44(6)37(33-38)25-26-39-41-28-27-40(45(41,7)32-30-42(39)44)35(5)23-24-36(9-2)34(3)4/h16-17,19-20,23-25,34-36,38-42H,8-15,18,21-22,26-33H2,1-7H3/b17-16-,20-19+,24-23+. The summed E-state index contributed by atoms with van der Waals surface area (Å²) in [7, 11) is 0. The molecule has 0 radical (unpaired) electrons. The van der Waals surface area contributed by atoms with Crippen LogP contribution >= 0.6 is 0 Å². The molecule has 4 aliphatic rings. The van der Waals surface area contributed by atoms with Gasteiger partial charge in [0.2, 0.25) is 0 Å². The largest absolute Gasteiger partial charge is 0.462 e. The molecule has 9 atom stereocenters. The van der Waals surface area contributed by atoms with Gasteiger partial charge in [0.25, 0.3) is 0 Å². The van der Waals surface area contributed by atoms with Crippen LogP contribution in [0.3, 0.4) is 0 Å². The van der Waals surface area contributed by atoms with E-state index in [4.69, 9.17) is 4.74 Å². The second-order valence-corrected chi connectivity index (χ2v) is 17.2. The Hall–Kier alpha value is -1.57. The van der Waals surface area contributed by atoms with Crippen molar-refractivity contribution in [2.45, 2.75) is 177 Å². The number of unbranched alkanes of at least 4 members (excludes halogenated alkanes) is 6. The first kappa shape index (κ1) is 38.2. The van der Waals surface area contributed by atoms with Gasteiger partial charge in [-0.3, -0.25) is 4.79 Å². The van der Waals surface area contributed by atoms with Crippen molar-refractivity contribution in [1.82, 2.24) is 0 Å². The Morgan fingerprint density at radius 3 is 2.36 bits per heavy atom. The molecular weight excluding hydrogens is 572 g/mol. The summed E-state index contributed by atoms with van der Waals surface area (Å²) in [4.78, 5) is 12.8. The second kappa shape index (κ2) is 18.4. The van der Waals surface area contributed by atoms with Gasteiger partial charge in [-0.1, -0.05) is 129 Å². The average Bonchev–Trinajstić information content (AvgIpc) is 3.41. The van der Waals surface area contributed by atoms with Gasteiger partial charge in [0.05, 0.1) is 0 Å². The van der Waals surface area contributed by atoms with E-state index in [2.05, 4.69) is 91.0 Å². The number of allylic oxidation sites excluding steroid dienone is 7. The van der Waals surface area contributed by atoms with Crippen LogP contribution in [0.2, 0.25) is 0 Å². The number of rotatable bonds is 18. The SMILES string of the molecule is CCCCCCCC/C=C\C/C=C/CCC(=O)OC1CCC2(C)C(=CCC3C2CCC2(C)C(C(C)/C=C/C(CC)C(C)C)CCC32)C1. The highest BCUT2D eigenvalue weighted by Crippen LogP contribution is 2.67. The maximum absolute atomic E-state index is 12.8. The first-order chi connectivity index (χ1) is 22.6. The van der Waals surface area contributed by atoms with Crippen LogP contribution in [0.25, 0.3) is 0 Å². The lowest BCUT2D eigenvalue weighted by Crippen LogP contribution is -2.51. The van der Waals surface area contributed by atoms with Crippen molar-refractivity contribution in [1.29, 1.82) is 0 Å². The van der Waals surface area contributed by atoms with Gasteiger partial charge < -0.3 is 4.74 Å². The Bertz CT molecular complexity index is 1080. The molecule has 266 valence electrons. The zero-order valence-electron chi connectivity index (χ0n) is 31.9. The third-order valence-corrected chi connectivity index (χ3v) is 13.9. The third-order valence-electron chi connectivity index (χ3n) is 13.9. The van der Waals surface area contributed by atoms with Crippen LogP contribution in [0.5, 0.6) is 0 Å². The molecule has 47 heavy (non-hydrogen) atoms. The summed E-state index contributed by atoms with van der Waals surface area (Å²) in [5, 5.41) is 0. The molecule has 9 unspecified atom stereocenters. The highest BCUT2D eigenvalue weighted by molar-refractivity contribution is 5.69. The first-order valence-electron chi connectivity index (χ1n) is 20.5. The Morgan fingerprint density at radius 1 is 0.872 bits per heavy atom. The number of hydrogen-bond acceptors (Lipinski definition) is 2. The second-order valence-electron chi connectivity index (χ2n) is 17.2. The minimum absolute atomic E-state index is 0.0107. The summed E-state index contributed by atoms with van der Waals surface area (Å²) >= 11 is 0. The summed E-state index contributed by atoms with van der Waals surface area (Å²) in [5.74, 6) is 5.43. The third kappa shape index (κ3) is 9.78. The van der Waals surface area contributed by atoms with Gasteiger partial charge >= 0.3 is 5.97 Å². The summed E-state index contributed by atoms with van der Waals surface area (Å²) in [5.41, 5.74) is 2.40. The predicted molar refractivity (Wildman–Crippen MR) is 202 cm³/mol. The molecule has 0 spiro atoms. The van der Waals surface area contributed by atoms with Crippen molar-refractivity contribution in [3.63, 3.8) is 0 Å². The van der Waals surface area contributed by atoms with Crippen LogP contribution in [-0.4, -0.2) is 12.1 Å². The molecule has 2 heteroatoms. The summed E-state index contributed by atoms with van der Waals surface area (Å²) in [6, 6.07) is 0. The molecule has 0 bridgehead atoms. The van der Waals surface area contributed by atoms with Crippen LogP contribution in [-0.2, 0) is 9.53 Å². The average molecular weight is 647 g/mol. The zero-order chi connectivity index (χ0) is 33.9. The fourth-order valence-electron chi connectivity index (χ4n) is 10.9. The molecule has 0 heterocycles. The van der Waals surface area contributed by atoms with Crippen LogP contribution in [0.4, 0.5) is 0 Å². The van der Waals surface area contributed by atoms with E-state index in [0.29, 0.717) is 29.1 Å². The minimum Gasteiger partial charge on any atom is -0.462 e. The molecule has 4 rings (SSSR count). The van der Waals surface area contributed by atoms with Crippen LogP contribution in [0, 0.1) is 52.3 Å². The van der Waals surface area contributed by atoms with Gasteiger partial charge in [-0.15, -0.1) is 0 Å². The normalized spacial score (nSPS) is 33.6. The Balaban J connectivity index is 1.21. The molecular formula is C45H74O2. The lowest BCUT2D eigenvalue weighted by Gasteiger charge is -2.58. The van der Waals surface area contributed by atoms with Crippen LogP contribution < -0.4 is 0 Å². The van der Waals surface area contributed by atoms with Gasteiger partial charge in [0.1, 0.15) is 6.10 Å². The van der Waals surface area contributed by atoms with E-state index in [1.807, 2.05) is 0 Å². The minimum atomic E-state index is -0.0107. The lowest BCUT2D eigenvalue weighted by molar-refractivity contribution is -0.151. The van der Waals surface area contributed by atoms with Gasteiger partial charge in [-0.25, -0.2) is 0 Å². The first-order valence-corrected chi connectivity index (χ1v) is 20.5. The number of fused-ring (bicyclic) bond motifs is 5. The Labute approximate surface area is 291 Å². The summed E-state index contributed by atoms with van der Waals surface area (Å²) in [6.07, 6.45) is 39.7. The van der Waals surface area contributed by atoms with Crippen LogP contribution in [0.1, 0.15) is 170 Å². The Kier molecular flexibility index (Phi) is 15.0. The number of carbonyl (C=O) groups is 1. The van der Waals surface area contributed by atoms with Crippen molar-refractivity contribution >= 4 is 5.97 Å². The highest BCUT2D eigenvalue weighted by atomic mass is 16.5. The summed E-state index contributed by atoms with van der Waals surface area (Å²) < 4.78 is 6.08. The molecule has 0 aromatic heterocycles. The smallest absolute Gasteiger partial charge is 0.306 e. The van der Waals surface area contributed by atoms with Crippen molar-refractivity contribution < 1.29 is 9.53 Å². The molecule has 0 saturated heterocycles. The van der Waals surface area contributed by atoms with E-state index in [1.165, 1.54) is 89.9 Å². The molecule has 0 aliphatic heterocycles. The molecule has 0 aromatic rings. The van der Waals surface area contributed by atoms with E-state index < -0.39 is 0 Å². The van der Waals surface area contributed by atoms with Gasteiger partial charge in [-0.2, -0.15) is 0 Å². The Morgan fingerprint density at radius 2 is 1.62 bits per heavy atom. The van der Waals surface area contributed by atoms with Crippen molar-refractivity contribution in [2.24, 2.45) is 52.3 Å². The quantitative estimate of drug-likeness (QED) is 0.0841. The number of ether oxygens (including phenoxy) is 1. The molecule has 2 nitrogen and oxygen atoms in total. The molecule has 3 fully saturated rings. The molecule has 3 saturated carbocycles. The monoisotopic (exact) mass is 647 g/mol. The summed E-state index contributed by atoms with van der Waals surface area (Å²) in [6.45, 7) is 17.1. The van der Waals surface area contributed by atoms with E-state index >= 15 is 0 Å². The van der Waals surface area contributed by atoms with Gasteiger partial charge in [0, 0.05) is 12.8 Å². The van der Waals surface area contributed by atoms with E-state index in [1.54, 1.807) is 5.57 Å². The fraction of sp³-hybridized carbons (Fsp3) is 0.800. The van der Waals surface area contributed by atoms with Crippen molar-refractivity contribution in [2.75, 3.05) is 0 Å². The number of hydrogen-bond donors (Lipinski definition) is 0. The van der Waals surface area contributed by atoms with E-state index in [9.17, 15) is 4.79 Å². The van der Waals surface area contributed by atoms with Crippen molar-refractivity contribution in [3.8, 4) is 0 Å². The maximum atomic E-state index is 12.8. The van der Waals surface area contributed by atoms with Crippen LogP contribution in [0.15, 0.2) is 48.1 Å². The maximum Gasteiger partial charge on any atom is 0.306 e. The topological polar surface area (TPSA) is 26.3 Å². The predicted octanol–water partition coefficient (Wildman–Crippen LogP) is 13.4. The highest BCUT2D eigenvalue weighted by Gasteiger charge is 2.59. The van der Waals surface area contributed by atoms with Gasteiger partial charge in [-0.05, 0) is 129 Å². The molecule has 4 aliphatic carbocycles. The van der Waals surface area contributed by atoms with Gasteiger partial charge in [0.15, 0.2) is 0 Å². The van der Waals surface area contributed by atoms with E-state index in [-0.39, 0.29) is 12.1 Å². The zero-order valence-corrected chi connectivity index (χ0v) is 31.9. The molecule has 0 amide bonds.